The first-order valence-electron chi connectivity index (χ1n) is 11.9. The quantitative estimate of drug-likeness (QED) is 0.674. The van der Waals surface area contributed by atoms with E-state index in [-0.39, 0.29) is 12.0 Å². The number of H-pyrrole nitrogens is 1. The molecule has 0 aliphatic carbocycles. The van der Waals surface area contributed by atoms with Gasteiger partial charge < -0.3 is 14.4 Å². The first-order valence-corrected chi connectivity index (χ1v) is 11.9. The number of amides is 1. The van der Waals surface area contributed by atoms with Crippen LogP contribution < -0.4 is 9.47 Å². The summed E-state index contributed by atoms with van der Waals surface area (Å²) in [6.45, 7) is 8.89. The summed E-state index contributed by atoms with van der Waals surface area (Å²) < 4.78 is 11.8. The summed E-state index contributed by atoms with van der Waals surface area (Å²) in [5.74, 6) is 2.03. The molecule has 2 saturated heterocycles. The molecule has 32 heavy (non-hydrogen) atoms. The van der Waals surface area contributed by atoms with Crippen LogP contribution in [-0.4, -0.2) is 65.3 Å². The lowest BCUT2D eigenvalue weighted by atomic mass is 10.1. The number of ether oxygens (including phenoxy) is 2. The number of hydrogen-bond acceptors (Lipinski definition) is 5. The van der Waals surface area contributed by atoms with E-state index in [0.717, 1.165) is 70.5 Å². The van der Waals surface area contributed by atoms with Crippen LogP contribution in [0.15, 0.2) is 24.3 Å². The zero-order valence-corrected chi connectivity index (χ0v) is 19.6. The maximum Gasteiger partial charge on any atom is 0.257 e. The van der Waals surface area contributed by atoms with E-state index in [2.05, 4.69) is 35.0 Å². The number of methoxy groups -OCH3 is 1. The molecule has 0 bridgehead atoms. The molecular weight excluding hydrogens is 404 g/mol. The number of aromatic amines is 1. The molecular formula is C25H36N4O3. The normalized spacial score (nSPS) is 17.8. The van der Waals surface area contributed by atoms with Crippen LogP contribution in [0.5, 0.6) is 11.5 Å². The molecule has 7 heteroatoms. The van der Waals surface area contributed by atoms with Gasteiger partial charge in [0.15, 0.2) is 0 Å². The van der Waals surface area contributed by atoms with Crippen molar-refractivity contribution in [2.24, 2.45) is 5.92 Å². The maximum atomic E-state index is 13.0. The predicted octanol–water partition coefficient (Wildman–Crippen LogP) is 3.90. The van der Waals surface area contributed by atoms with Crippen molar-refractivity contribution in [2.75, 3.05) is 33.3 Å². The summed E-state index contributed by atoms with van der Waals surface area (Å²) in [5, 5.41) is 7.63. The fraction of sp³-hybridized carbons (Fsp3) is 0.600. The molecule has 1 aromatic heterocycles. The monoisotopic (exact) mass is 440 g/mol. The minimum absolute atomic E-state index is 0.0639. The van der Waals surface area contributed by atoms with Crippen LogP contribution in [0.2, 0.25) is 0 Å². The van der Waals surface area contributed by atoms with Crippen molar-refractivity contribution in [1.82, 2.24) is 20.0 Å². The molecule has 3 heterocycles. The highest BCUT2D eigenvalue weighted by molar-refractivity contribution is 5.97. The number of nitrogens with zero attached hydrogens (tertiary/aromatic N) is 3. The molecule has 7 nitrogen and oxygen atoms in total. The minimum atomic E-state index is 0.0639. The van der Waals surface area contributed by atoms with Crippen molar-refractivity contribution < 1.29 is 14.3 Å². The third-order valence-electron chi connectivity index (χ3n) is 6.34. The van der Waals surface area contributed by atoms with Crippen molar-refractivity contribution in [2.45, 2.75) is 58.6 Å². The molecule has 2 aliphatic heterocycles. The molecule has 1 aromatic carbocycles. The van der Waals surface area contributed by atoms with Gasteiger partial charge in [0, 0.05) is 44.5 Å². The number of hydrogen-bond donors (Lipinski definition) is 1. The Morgan fingerprint density at radius 3 is 2.59 bits per heavy atom. The Bertz CT molecular complexity index is 896. The highest BCUT2D eigenvalue weighted by atomic mass is 16.5. The lowest BCUT2D eigenvalue weighted by Crippen LogP contribution is -2.38. The number of aromatic nitrogens is 2. The zero-order chi connectivity index (χ0) is 22.5. The average molecular weight is 441 g/mol. The topological polar surface area (TPSA) is 70.7 Å². The highest BCUT2D eigenvalue weighted by Crippen LogP contribution is 2.30. The van der Waals surface area contributed by atoms with Crippen molar-refractivity contribution in [1.29, 1.82) is 0 Å². The van der Waals surface area contributed by atoms with Gasteiger partial charge in [0.05, 0.1) is 18.4 Å². The minimum Gasteiger partial charge on any atom is -0.497 e. The highest BCUT2D eigenvalue weighted by Gasteiger charge is 2.26. The fourth-order valence-electron chi connectivity index (χ4n) is 4.61. The molecule has 2 fully saturated rings. The standard InChI is InChI=1S/C25H36N4O3/c1-18(2)14-19-15-20(27-26-19)17-28-12-8-21(9-13-28)32-24-16-22(31-3)6-7-23(24)25(30)29-10-4-5-11-29/h6-7,15-16,18,21H,4-5,8-14,17H2,1-3H3,(H,26,27). The van der Waals surface area contributed by atoms with Gasteiger partial charge in [0.2, 0.25) is 0 Å². The van der Waals surface area contributed by atoms with Gasteiger partial charge in [-0.1, -0.05) is 13.8 Å². The Morgan fingerprint density at radius 2 is 1.91 bits per heavy atom. The smallest absolute Gasteiger partial charge is 0.257 e. The largest absolute Gasteiger partial charge is 0.497 e. The van der Waals surface area contributed by atoms with Crippen LogP contribution >= 0.6 is 0 Å². The van der Waals surface area contributed by atoms with E-state index in [1.165, 1.54) is 5.69 Å². The van der Waals surface area contributed by atoms with E-state index in [1.54, 1.807) is 7.11 Å². The van der Waals surface area contributed by atoms with Crippen molar-refractivity contribution in [3.63, 3.8) is 0 Å². The summed E-state index contributed by atoms with van der Waals surface area (Å²) in [5.41, 5.74) is 2.96. The van der Waals surface area contributed by atoms with E-state index in [9.17, 15) is 4.79 Å². The summed E-state index contributed by atoms with van der Waals surface area (Å²) in [4.78, 5) is 17.4. The van der Waals surface area contributed by atoms with E-state index in [0.29, 0.717) is 23.0 Å². The van der Waals surface area contributed by atoms with Gasteiger partial charge in [-0.3, -0.25) is 14.8 Å². The summed E-state index contributed by atoms with van der Waals surface area (Å²) in [7, 11) is 1.64. The van der Waals surface area contributed by atoms with E-state index in [4.69, 9.17) is 9.47 Å². The molecule has 1 amide bonds. The number of piperidine rings is 1. The number of rotatable bonds is 8. The Kier molecular flexibility index (Phi) is 7.35. The Morgan fingerprint density at radius 1 is 1.16 bits per heavy atom. The lowest BCUT2D eigenvalue weighted by Gasteiger charge is -2.32. The van der Waals surface area contributed by atoms with Crippen LogP contribution in [-0.2, 0) is 13.0 Å². The van der Waals surface area contributed by atoms with Gasteiger partial charge in [-0.2, -0.15) is 5.10 Å². The summed E-state index contributed by atoms with van der Waals surface area (Å²) in [6, 6.07) is 7.74. The molecule has 174 valence electrons. The molecule has 2 aliphatic rings. The van der Waals surface area contributed by atoms with E-state index >= 15 is 0 Å². The molecule has 0 atom stereocenters. The average Bonchev–Trinajstić information content (AvgIpc) is 3.47. The fourth-order valence-corrected chi connectivity index (χ4v) is 4.61. The Labute approximate surface area is 191 Å². The first kappa shape index (κ1) is 22.6. The van der Waals surface area contributed by atoms with Crippen LogP contribution in [0.3, 0.4) is 0 Å². The van der Waals surface area contributed by atoms with Crippen LogP contribution in [0.25, 0.3) is 0 Å². The lowest BCUT2D eigenvalue weighted by molar-refractivity contribution is 0.0764. The molecule has 0 radical (unpaired) electrons. The third-order valence-corrected chi connectivity index (χ3v) is 6.34. The molecule has 0 spiro atoms. The second-order valence-corrected chi connectivity index (χ2v) is 9.44. The van der Waals surface area contributed by atoms with Gasteiger partial charge in [-0.05, 0) is 56.2 Å². The van der Waals surface area contributed by atoms with Gasteiger partial charge in [-0.15, -0.1) is 0 Å². The molecule has 4 rings (SSSR count). The van der Waals surface area contributed by atoms with Gasteiger partial charge >= 0.3 is 0 Å². The Balaban J connectivity index is 1.35. The molecule has 0 unspecified atom stereocenters. The molecule has 1 N–H and O–H groups in total. The molecule has 0 saturated carbocycles. The molecule has 2 aromatic rings. The SMILES string of the molecule is COc1ccc(C(=O)N2CCCC2)c(OC2CCN(Cc3cc(CC(C)C)n[nH]3)CC2)c1. The zero-order valence-electron chi connectivity index (χ0n) is 19.6. The third kappa shape index (κ3) is 5.63. The van der Waals surface area contributed by atoms with E-state index in [1.807, 2.05) is 23.1 Å². The van der Waals surface area contributed by atoms with Crippen LogP contribution in [0, 0.1) is 5.92 Å². The number of benzene rings is 1. The number of carbonyl (C=O) groups is 1. The number of carbonyl (C=O) groups excluding carboxylic acids is 1. The second-order valence-electron chi connectivity index (χ2n) is 9.44. The van der Waals surface area contributed by atoms with Gasteiger partial charge in [-0.25, -0.2) is 0 Å². The van der Waals surface area contributed by atoms with Crippen molar-refractivity contribution in [3.8, 4) is 11.5 Å². The number of nitrogens with one attached hydrogen (secondary N) is 1. The summed E-state index contributed by atoms with van der Waals surface area (Å²) in [6.07, 6.45) is 5.12. The van der Waals surface area contributed by atoms with Crippen LogP contribution in [0.1, 0.15) is 61.3 Å². The van der Waals surface area contributed by atoms with E-state index < -0.39 is 0 Å². The van der Waals surface area contributed by atoms with Crippen LogP contribution in [0.4, 0.5) is 0 Å². The maximum absolute atomic E-state index is 13.0. The number of likely N-dealkylation sites (tertiary alicyclic amines) is 2. The first-order chi connectivity index (χ1) is 15.5. The van der Waals surface area contributed by atoms with Crippen molar-refractivity contribution >= 4 is 5.91 Å². The predicted molar refractivity (Wildman–Crippen MR) is 124 cm³/mol. The van der Waals surface area contributed by atoms with Gasteiger partial charge in [0.25, 0.3) is 5.91 Å². The Hall–Kier alpha value is -2.54. The summed E-state index contributed by atoms with van der Waals surface area (Å²) >= 11 is 0. The van der Waals surface area contributed by atoms with Gasteiger partial charge in [0.1, 0.15) is 17.6 Å². The van der Waals surface area contributed by atoms with Crippen molar-refractivity contribution in [3.05, 3.63) is 41.2 Å². The second kappa shape index (κ2) is 10.4.